The smallest absolute Gasteiger partial charge is 0.335 e. The van der Waals surface area contributed by atoms with E-state index in [9.17, 15) is 14.4 Å². The Hall–Kier alpha value is -2.35. The van der Waals surface area contributed by atoms with E-state index in [0.29, 0.717) is 16.7 Å². The fourth-order valence-electron chi connectivity index (χ4n) is 2.09. The Labute approximate surface area is 222 Å². The molecule has 7 heteroatoms. The second-order valence-corrected chi connectivity index (χ2v) is 6.51. The number of rotatable bonds is 3. The van der Waals surface area contributed by atoms with E-state index < -0.39 is 17.9 Å². The van der Waals surface area contributed by atoms with Gasteiger partial charge in [0.15, 0.2) is 0 Å². The number of benzene rings is 3. The Balaban J connectivity index is 0.000000429. The molecule has 0 fully saturated rings. The van der Waals surface area contributed by atoms with Crippen LogP contribution in [0.2, 0.25) is 0 Å². The van der Waals surface area contributed by atoms with Gasteiger partial charge in [-0.05, 0) is 57.2 Å². The van der Waals surface area contributed by atoms with Crippen molar-refractivity contribution >= 4 is 17.9 Å². The molecular formula is C24H24EuO6. The van der Waals surface area contributed by atoms with Crippen molar-refractivity contribution in [1.29, 1.82) is 0 Å². The molecule has 1 radical (unpaired) electrons. The number of hydrogen-bond donors (Lipinski definition) is 3. The van der Waals surface area contributed by atoms with E-state index in [-0.39, 0.29) is 49.4 Å². The van der Waals surface area contributed by atoms with Crippen molar-refractivity contribution in [1.82, 2.24) is 0 Å². The summed E-state index contributed by atoms with van der Waals surface area (Å²) >= 11 is 0. The topological polar surface area (TPSA) is 112 Å². The zero-order valence-corrected chi connectivity index (χ0v) is 19.8. The predicted molar refractivity (Wildman–Crippen MR) is 114 cm³/mol. The van der Waals surface area contributed by atoms with Crippen molar-refractivity contribution in [2.45, 2.75) is 20.8 Å². The summed E-state index contributed by atoms with van der Waals surface area (Å²) in [7, 11) is 0. The molecule has 0 aromatic heterocycles. The molecule has 0 aliphatic carbocycles. The van der Waals surface area contributed by atoms with Gasteiger partial charge in [-0.15, -0.1) is 0 Å². The molecule has 0 saturated heterocycles. The number of carbonyl (C=O) groups is 3. The van der Waals surface area contributed by atoms with Crippen molar-refractivity contribution in [3.63, 3.8) is 0 Å². The van der Waals surface area contributed by atoms with Gasteiger partial charge in [0.2, 0.25) is 0 Å². The van der Waals surface area contributed by atoms with E-state index in [0.717, 1.165) is 16.7 Å². The van der Waals surface area contributed by atoms with Gasteiger partial charge in [0.25, 0.3) is 0 Å². The first-order chi connectivity index (χ1) is 14.1. The van der Waals surface area contributed by atoms with Crippen LogP contribution < -0.4 is 0 Å². The van der Waals surface area contributed by atoms with Crippen LogP contribution in [0.25, 0.3) is 0 Å². The molecule has 0 aliphatic heterocycles. The Morgan fingerprint density at radius 1 is 0.452 bits per heavy atom. The van der Waals surface area contributed by atoms with Crippen LogP contribution in [0, 0.1) is 70.1 Å². The van der Waals surface area contributed by atoms with Gasteiger partial charge in [-0.25, -0.2) is 14.4 Å². The standard InChI is InChI=1S/3C8H8O2.Eu/c3*1-6-2-4-7(5-3-6)8(9)10;/h3*2-5H,1H3,(H,9,10);. The van der Waals surface area contributed by atoms with Gasteiger partial charge in [-0.2, -0.15) is 0 Å². The van der Waals surface area contributed by atoms with Crippen molar-refractivity contribution in [3.8, 4) is 0 Å². The summed E-state index contributed by atoms with van der Waals surface area (Å²) < 4.78 is 0. The van der Waals surface area contributed by atoms with Gasteiger partial charge in [0.1, 0.15) is 0 Å². The monoisotopic (exact) mass is 561 g/mol. The van der Waals surface area contributed by atoms with Crippen molar-refractivity contribution in [2.24, 2.45) is 0 Å². The third-order valence-electron chi connectivity index (χ3n) is 3.90. The third kappa shape index (κ3) is 11.6. The number of hydrogen-bond acceptors (Lipinski definition) is 3. The molecule has 3 rings (SSSR count). The van der Waals surface area contributed by atoms with Crippen LogP contribution in [0.3, 0.4) is 0 Å². The molecule has 0 amide bonds. The normalized spacial score (nSPS) is 9.00. The van der Waals surface area contributed by atoms with Crippen molar-refractivity contribution in [2.75, 3.05) is 0 Å². The Morgan fingerprint density at radius 3 is 0.742 bits per heavy atom. The summed E-state index contributed by atoms with van der Waals surface area (Å²) in [4.78, 5) is 30.9. The SMILES string of the molecule is Cc1ccc(C(=O)O)cc1.Cc1ccc(C(=O)O)cc1.Cc1ccc(C(=O)O)cc1.[Eu]. The summed E-state index contributed by atoms with van der Waals surface area (Å²) in [5, 5.41) is 25.4. The van der Waals surface area contributed by atoms with E-state index in [4.69, 9.17) is 15.3 Å². The van der Waals surface area contributed by atoms with Gasteiger partial charge in [0, 0.05) is 49.4 Å². The minimum Gasteiger partial charge on any atom is -0.478 e. The predicted octanol–water partition coefficient (Wildman–Crippen LogP) is 5.08. The Kier molecular flexibility index (Phi) is 13.5. The van der Waals surface area contributed by atoms with Gasteiger partial charge >= 0.3 is 17.9 Å². The van der Waals surface area contributed by atoms with Gasteiger partial charge in [-0.3, -0.25) is 0 Å². The molecule has 3 N–H and O–H groups in total. The molecule has 0 unspecified atom stereocenters. The third-order valence-corrected chi connectivity index (χ3v) is 3.90. The van der Waals surface area contributed by atoms with Crippen LogP contribution in [0.5, 0.6) is 0 Å². The Bertz CT molecular complexity index is 846. The average Bonchev–Trinajstić information content (AvgIpc) is 2.70. The molecule has 0 bridgehead atoms. The molecule has 0 spiro atoms. The van der Waals surface area contributed by atoms with Gasteiger partial charge < -0.3 is 15.3 Å². The second kappa shape index (κ2) is 14.6. The van der Waals surface area contributed by atoms with Crippen LogP contribution in [-0.4, -0.2) is 33.2 Å². The summed E-state index contributed by atoms with van der Waals surface area (Å²) in [6.07, 6.45) is 0. The number of aryl methyl sites for hydroxylation is 3. The Morgan fingerprint density at radius 2 is 0.613 bits per heavy atom. The first-order valence-electron chi connectivity index (χ1n) is 9.00. The fraction of sp³-hybridized carbons (Fsp3) is 0.125. The maximum atomic E-state index is 10.3. The zero-order valence-electron chi connectivity index (χ0n) is 17.4. The second-order valence-electron chi connectivity index (χ2n) is 6.51. The summed E-state index contributed by atoms with van der Waals surface area (Å²) in [5.74, 6) is -2.62. The van der Waals surface area contributed by atoms with Gasteiger partial charge in [-0.1, -0.05) is 53.1 Å². The molecule has 0 saturated carbocycles. The van der Waals surface area contributed by atoms with Crippen LogP contribution in [0.1, 0.15) is 47.8 Å². The van der Waals surface area contributed by atoms with E-state index in [1.807, 2.05) is 20.8 Å². The first kappa shape index (κ1) is 28.7. The largest absolute Gasteiger partial charge is 0.478 e. The summed E-state index contributed by atoms with van der Waals surface area (Å²) in [5.41, 5.74) is 4.24. The number of aromatic carboxylic acids is 3. The maximum absolute atomic E-state index is 10.3. The quantitative estimate of drug-likeness (QED) is 0.412. The molecule has 3 aromatic rings. The van der Waals surface area contributed by atoms with E-state index in [1.165, 1.54) is 0 Å². The molecule has 0 heterocycles. The molecule has 0 aliphatic rings. The minimum atomic E-state index is -0.875. The van der Waals surface area contributed by atoms with Gasteiger partial charge in [0.05, 0.1) is 16.7 Å². The van der Waals surface area contributed by atoms with Crippen LogP contribution in [-0.2, 0) is 0 Å². The molecular weight excluding hydrogens is 536 g/mol. The summed E-state index contributed by atoms with van der Waals surface area (Å²) in [6, 6.07) is 20.3. The summed E-state index contributed by atoms with van der Waals surface area (Å²) in [6.45, 7) is 5.77. The minimum absolute atomic E-state index is 0. The first-order valence-corrected chi connectivity index (χ1v) is 9.00. The number of carboxylic acids is 3. The fourth-order valence-corrected chi connectivity index (χ4v) is 2.09. The molecule has 163 valence electrons. The average molecular weight is 560 g/mol. The number of carboxylic acid groups (broad SMARTS) is 3. The van der Waals surface area contributed by atoms with Crippen molar-refractivity contribution in [3.05, 3.63) is 106 Å². The van der Waals surface area contributed by atoms with E-state index >= 15 is 0 Å². The molecule has 6 nitrogen and oxygen atoms in total. The molecule has 0 atom stereocenters. The molecule has 3 aromatic carbocycles. The van der Waals surface area contributed by atoms with E-state index in [2.05, 4.69) is 0 Å². The van der Waals surface area contributed by atoms with Crippen molar-refractivity contribution < 1.29 is 79.1 Å². The zero-order chi connectivity index (χ0) is 22.7. The van der Waals surface area contributed by atoms with E-state index in [1.54, 1.807) is 72.8 Å². The van der Waals surface area contributed by atoms with Crippen LogP contribution in [0.4, 0.5) is 0 Å². The van der Waals surface area contributed by atoms with Crippen LogP contribution >= 0.6 is 0 Å². The maximum Gasteiger partial charge on any atom is 0.335 e. The molecule has 31 heavy (non-hydrogen) atoms. The van der Waals surface area contributed by atoms with Crippen LogP contribution in [0.15, 0.2) is 72.8 Å².